The Morgan fingerprint density at radius 1 is 1.05 bits per heavy atom. The first-order valence-corrected chi connectivity index (χ1v) is 14.5. The molecule has 8 nitrogen and oxygen atoms in total. The number of fused-ring (bicyclic) bond motifs is 1. The van der Waals surface area contributed by atoms with Crippen LogP contribution < -0.4 is 4.90 Å². The number of allylic oxidation sites excluding steroid dienone is 3. The smallest absolute Gasteiger partial charge is 0.338 e. The van der Waals surface area contributed by atoms with Crippen molar-refractivity contribution in [1.29, 1.82) is 10.5 Å². The van der Waals surface area contributed by atoms with Crippen molar-refractivity contribution in [3.63, 3.8) is 0 Å². The first kappa shape index (κ1) is 29.4. The van der Waals surface area contributed by atoms with E-state index in [0.717, 1.165) is 59.0 Å². The lowest BCUT2D eigenvalue weighted by molar-refractivity contribution is 0.0499. The molecule has 3 aromatic rings. The second-order valence-electron chi connectivity index (χ2n) is 9.54. The van der Waals surface area contributed by atoms with Gasteiger partial charge in [0.1, 0.15) is 12.1 Å². The molecular formula is C32H32N6O2S. The van der Waals surface area contributed by atoms with Gasteiger partial charge in [0.15, 0.2) is 0 Å². The van der Waals surface area contributed by atoms with E-state index in [1.165, 1.54) is 11.3 Å². The van der Waals surface area contributed by atoms with Gasteiger partial charge in [0, 0.05) is 25.2 Å². The lowest BCUT2D eigenvalue weighted by atomic mass is 9.92. The quantitative estimate of drug-likeness (QED) is 0.101. The van der Waals surface area contributed by atoms with E-state index >= 15 is 0 Å². The van der Waals surface area contributed by atoms with E-state index in [-0.39, 0.29) is 5.57 Å². The van der Waals surface area contributed by atoms with Crippen LogP contribution in [0.15, 0.2) is 63.8 Å². The Bertz CT molecular complexity index is 1600. The van der Waals surface area contributed by atoms with E-state index in [1.807, 2.05) is 44.2 Å². The van der Waals surface area contributed by atoms with Crippen LogP contribution in [0.5, 0.6) is 0 Å². The van der Waals surface area contributed by atoms with Crippen molar-refractivity contribution < 1.29 is 9.53 Å². The van der Waals surface area contributed by atoms with Crippen molar-refractivity contribution in [2.24, 2.45) is 10.2 Å². The summed E-state index contributed by atoms with van der Waals surface area (Å²) in [5, 5.41) is 29.3. The van der Waals surface area contributed by atoms with Gasteiger partial charge in [-0.15, -0.1) is 10.2 Å². The third-order valence-corrected chi connectivity index (χ3v) is 7.79. The van der Waals surface area contributed by atoms with Gasteiger partial charge in [-0.1, -0.05) is 30.7 Å². The van der Waals surface area contributed by atoms with Crippen molar-refractivity contribution in [1.82, 2.24) is 4.98 Å². The Hall–Kier alpha value is -4.60. The number of anilines is 1. The molecule has 1 aromatic heterocycles. The molecular weight excluding hydrogens is 532 g/mol. The van der Waals surface area contributed by atoms with Crippen molar-refractivity contribution in [2.45, 2.75) is 47.0 Å². The molecule has 0 saturated carbocycles. The minimum atomic E-state index is -0.394. The van der Waals surface area contributed by atoms with E-state index in [0.29, 0.717) is 34.9 Å². The Kier molecular flexibility index (Phi) is 9.78. The lowest BCUT2D eigenvalue weighted by Crippen LogP contribution is -2.21. The first-order valence-electron chi connectivity index (χ1n) is 13.7. The molecule has 208 valence electrons. The number of azo groups is 1. The zero-order valence-corrected chi connectivity index (χ0v) is 24.6. The number of nitrogens with zero attached hydrogens (tertiary/aromatic N) is 6. The molecule has 0 spiro atoms. The van der Waals surface area contributed by atoms with E-state index in [9.17, 15) is 15.3 Å². The van der Waals surface area contributed by atoms with Gasteiger partial charge in [-0.25, -0.2) is 9.78 Å². The summed E-state index contributed by atoms with van der Waals surface area (Å²) in [6.45, 7) is 10.4. The molecule has 0 N–H and O–H groups in total. The van der Waals surface area contributed by atoms with Gasteiger partial charge in [-0.3, -0.25) is 0 Å². The highest BCUT2D eigenvalue weighted by Crippen LogP contribution is 2.39. The van der Waals surface area contributed by atoms with Crippen LogP contribution >= 0.6 is 11.3 Å². The van der Waals surface area contributed by atoms with E-state index in [4.69, 9.17) is 4.74 Å². The highest BCUT2D eigenvalue weighted by molar-refractivity contribution is 7.16. The maximum atomic E-state index is 12.4. The van der Waals surface area contributed by atoms with Crippen LogP contribution in [0.4, 0.5) is 16.5 Å². The van der Waals surface area contributed by atoms with Crippen LogP contribution in [0, 0.1) is 29.6 Å². The number of aryl methyl sites for hydroxylation is 1. The molecule has 41 heavy (non-hydrogen) atoms. The zero-order chi connectivity index (χ0) is 29.4. The minimum Gasteiger partial charge on any atom is -0.462 e. The van der Waals surface area contributed by atoms with Crippen LogP contribution in [0.25, 0.3) is 11.6 Å². The fourth-order valence-electron chi connectivity index (χ4n) is 4.61. The van der Waals surface area contributed by atoms with Crippen molar-refractivity contribution in [3.05, 3.63) is 80.9 Å². The first-order chi connectivity index (χ1) is 19.9. The van der Waals surface area contributed by atoms with Crippen LogP contribution in [0.2, 0.25) is 0 Å². The normalized spacial score (nSPS) is 12.8. The molecule has 9 heteroatoms. The highest BCUT2D eigenvalue weighted by Gasteiger charge is 2.24. The molecule has 1 heterocycles. The summed E-state index contributed by atoms with van der Waals surface area (Å²) in [6, 6.07) is 17.4. The summed E-state index contributed by atoms with van der Waals surface area (Å²) in [4.78, 5) is 20.1. The average molecular weight is 565 g/mol. The second kappa shape index (κ2) is 13.6. The lowest BCUT2D eigenvalue weighted by Gasteiger charge is -2.20. The van der Waals surface area contributed by atoms with Crippen LogP contribution in [-0.2, 0) is 11.2 Å². The predicted octanol–water partition coefficient (Wildman–Crippen LogP) is 8.11. The van der Waals surface area contributed by atoms with Crippen LogP contribution in [-0.4, -0.2) is 30.6 Å². The summed E-state index contributed by atoms with van der Waals surface area (Å²) in [6.07, 6.45) is 4.07. The maximum absolute atomic E-state index is 12.4. The number of hydrogen-bond donors (Lipinski definition) is 0. The minimum absolute atomic E-state index is 0.269. The van der Waals surface area contributed by atoms with Gasteiger partial charge in [-0.05, 0) is 86.4 Å². The van der Waals surface area contributed by atoms with Gasteiger partial charge in [-0.2, -0.15) is 10.5 Å². The Morgan fingerprint density at radius 2 is 1.78 bits per heavy atom. The van der Waals surface area contributed by atoms with Crippen molar-refractivity contribution >= 4 is 45.5 Å². The molecule has 0 bridgehead atoms. The number of ether oxygens (including phenoxy) is 1. The van der Waals surface area contributed by atoms with Gasteiger partial charge >= 0.3 is 5.97 Å². The van der Waals surface area contributed by atoms with Crippen LogP contribution in [0.1, 0.15) is 65.7 Å². The molecule has 0 unspecified atom stereocenters. The SMILES string of the molecule is CCCCOC(=O)c1ccc(/C(C#N)=C(\C#N)C2=Cc3sc(N=Nc4ccc(N(CC)CC)cc4)nc3C2)c(C)c1. The number of carbonyl (C=O) groups is 1. The molecule has 1 aliphatic carbocycles. The summed E-state index contributed by atoms with van der Waals surface area (Å²) < 4.78 is 5.30. The van der Waals surface area contributed by atoms with Crippen LogP contribution in [0.3, 0.4) is 0 Å². The number of benzene rings is 2. The van der Waals surface area contributed by atoms with E-state index in [2.05, 4.69) is 46.1 Å². The number of rotatable bonds is 11. The Labute approximate surface area is 244 Å². The molecule has 0 atom stereocenters. The molecule has 4 rings (SSSR count). The fourth-order valence-corrected chi connectivity index (χ4v) is 5.48. The van der Waals surface area contributed by atoms with Gasteiger partial charge in [0.25, 0.3) is 0 Å². The number of hydrogen-bond acceptors (Lipinski definition) is 9. The average Bonchev–Trinajstić information content (AvgIpc) is 3.55. The van der Waals surface area contributed by atoms with Gasteiger partial charge < -0.3 is 9.64 Å². The molecule has 0 amide bonds. The maximum Gasteiger partial charge on any atom is 0.338 e. The second-order valence-corrected chi connectivity index (χ2v) is 10.5. The number of thiazole rings is 1. The monoisotopic (exact) mass is 564 g/mol. The Balaban J connectivity index is 1.53. The molecule has 2 aromatic carbocycles. The third-order valence-electron chi connectivity index (χ3n) is 6.87. The van der Waals surface area contributed by atoms with Crippen molar-refractivity contribution in [2.75, 3.05) is 24.6 Å². The number of esters is 1. The number of aromatic nitrogens is 1. The topological polar surface area (TPSA) is 115 Å². The third kappa shape index (κ3) is 6.77. The van der Waals surface area contributed by atoms with Gasteiger partial charge in [0.05, 0.1) is 39.6 Å². The number of unbranched alkanes of at least 4 members (excludes halogenated alkanes) is 1. The van der Waals surface area contributed by atoms with E-state index < -0.39 is 5.97 Å². The zero-order valence-electron chi connectivity index (χ0n) is 23.8. The predicted molar refractivity (Wildman–Crippen MR) is 162 cm³/mol. The summed E-state index contributed by atoms with van der Waals surface area (Å²) in [5.74, 6) is -0.394. The highest BCUT2D eigenvalue weighted by atomic mass is 32.1. The molecule has 0 radical (unpaired) electrons. The summed E-state index contributed by atoms with van der Waals surface area (Å²) in [7, 11) is 0. The molecule has 1 aliphatic rings. The van der Waals surface area contributed by atoms with E-state index in [1.54, 1.807) is 18.2 Å². The largest absolute Gasteiger partial charge is 0.462 e. The standard InChI is InChI=1S/C32H32N6O2S/c1-5-8-15-40-31(39)22-9-14-26(21(4)16-22)28(20-34)27(19-33)23-17-29-30(18-23)41-32(35-29)37-36-24-10-12-25(13-11-24)38(6-2)7-3/h9-14,16,18H,5-8,15,17H2,1-4H3/b28-27+,37-36?. The summed E-state index contributed by atoms with van der Waals surface area (Å²) in [5.41, 5.74) is 5.76. The number of nitriles is 2. The number of carbonyl (C=O) groups excluding carboxylic acids is 1. The molecule has 0 saturated heterocycles. The van der Waals surface area contributed by atoms with Gasteiger partial charge in [0.2, 0.25) is 5.13 Å². The molecule has 0 fully saturated rings. The molecule has 0 aliphatic heterocycles. The van der Waals surface area contributed by atoms with Crippen molar-refractivity contribution in [3.8, 4) is 12.1 Å². The Morgan fingerprint density at radius 3 is 2.39 bits per heavy atom. The summed E-state index contributed by atoms with van der Waals surface area (Å²) >= 11 is 1.40. The fraction of sp³-hybridized carbons (Fsp3) is 0.312.